The van der Waals surface area contributed by atoms with Gasteiger partial charge in [0.15, 0.2) is 0 Å². The molecular formula is C24H31N3O2. The van der Waals surface area contributed by atoms with Crippen molar-refractivity contribution in [3.8, 4) is 0 Å². The van der Waals surface area contributed by atoms with Crippen molar-refractivity contribution in [1.82, 2.24) is 0 Å². The molecule has 29 heavy (non-hydrogen) atoms. The maximum atomic E-state index is 12.4. The summed E-state index contributed by atoms with van der Waals surface area (Å²) in [5.74, 6) is -0.139. The van der Waals surface area contributed by atoms with Crippen LogP contribution in [0.15, 0.2) is 48.5 Å². The molecule has 5 heteroatoms. The zero-order valence-corrected chi connectivity index (χ0v) is 17.5. The van der Waals surface area contributed by atoms with Gasteiger partial charge in [-0.2, -0.15) is 0 Å². The van der Waals surface area contributed by atoms with E-state index in [0.717, 1.165) is 36.4 Å². The summed E-state index contributed by atoms with van der Waals surface area (Å²) in [6.07, 6.45) is 4.89. The second kappa shape index (κ2) is 10.1. The number of nitrogens with zero attached hydrogens (tertiary/aromatic N) is 2. The predicted octanol–water partition coefficient (Wildman–Crippen LogP) is 4.62. The number of piperidine rings is 1. The van der Waals surface area contributed by atoms with E-state index in [2.05, 4.69) is 29.3 Å². The zero-order chi connectivity index (χ0) is 20.6. The highest BCUT2D eigenvalue weighted by Gasteiger charge is 2.16. The molecule has 1 aliphatic rings. The SMILES string of the molecule is CCc1ccccc1NC(=O)CCN(C(C)=O)c1ccc(N2CCCCC2)cc1. The Morgan fingerprint density at radius 1 is 1.00 bits per heavy atom. The van der Waals surface area contributed by atoms with E-state index in [-0.39, 0.29) is 18.2 Å². The Morgan fingerprint density at radius 3 is 2.34 bits per heavy atom. The van der Waals surface area contributed by atoms with E-state index in [1.54, 1.807) is 11.8 Å². The first kappa shape index (κ1) is 20.9. The average Bonchev–Trinajstić information content (AvgIpc) is 2.75. The van der Waals surface area contributed by atoms with Crippen molar-refractivity contribution < 1.29 is 9.59 Å². The number of hydrogen-bond acceptors (Lipinski definition) is 3. The second-order valence-electron chi connectivity index (χ2n) is 7.54. The summed E-state index contributed by atoms with van der Waals surface area (Å²) in [6.45, 7) is 6.15. The molecule has 1 heterocycles. The Bertz CT molecular complexity index is 826. The molecular weight excluding hydrogens is 362 g/mol. The number of carbonyl (C=O) groups excluding carboxylic acids is 2. The third kappa shape index (κ3) is 5.59. The normalized spacial score (nSPS) is 13.8. The summed E-state index contributed by atoms with van der Waals surface area (Å²) in [5.41, 5.74) is 3.99. The van der Waals surface area contributed by atoms with Gasteiger partial charge >= 0.3 is 0 Å². The van der Waals surface area contributed by atoms with Crippen LogP contribution in [0.3, 0.4) is 0 Å². The molecule has 1 fully saturated rings. The number of para-hydroxylation sites is 1. The minimum absolute atomic E-state index is 0.0579. The Morgan fingerprint density at radius 2 is 1.69 bits per heavy atom. The molecule has 5 nitrogen and oxygen atoms in total. The molecule has 0 radical (unpaired) electrons. The van der Waals surface area contributed by atoms with Gasteiger partial charge in [-0.25, -0.2) is 0 Å². The number of nitrogens with one attached hydrogen (secondary N) is 1. The maximum absolute atomic E-state index is 12.4. The molecule has 1 N–H and O–H groups in total. The molecule has 0 aliphatic carbocycles. The molecule has 2 aromatic carbocycles. The van der Waals surface area contributed by atoms with Crippen molar-refractivity contribution in [2.45, 2.75) is 46.0 Å². The van der Waals surface area contributed by atoms with Gasteiger partial charge in [0.25, 0.3) is 0 Å². The third-order valence-corrected chi connectivity index (χ3v) is 5.50. The van der Waals surface area contributed by atoms with Gasteiger partial charge in [0.1, 0.15) is 0 Å². The summed E-state index contributed by atoms with van der Waals surface area (Å²) in [4.78, 5) is 28.7. The summed E-state index contributed by atoms with van der Waals surface area (Å²) in [6, 6.07) is 15.9. The van der Waals surface area contributed by atoms with Gasteiger partial charge < -0.3 is 15.1 Å². The number of carbonyl (C=O) groups is 2. The van der Waals surface area contributed by atoms with Crippen molar-refractivity contribution in [3.05, 3.63) is 54.1 Å². The Balaban J connectivity index is 1.61. The number of amides is 2. The second-order valence-corrected chi connectivity index (χ2v) is 7.54. The van der Waals surface area contributed by atoms with E-state index in [9.17, 15) is 9.59 Å². The Labute approximate surface area is 173 Å². The quantitative estimate of drug-likeness (QED) is 0.747. The van der Waals surface area contributed by atoms with Gasteiger partial charge in [0, 0.05) is 50.0 Å². The van der Waals surface area contributed by atoms with E-state index in [4.69, 9.17) is 0 Å². The van der Waals surface area contributed by atoms with Gasteiger partial charge in [-0.3, -0.25) is 9.59 Å². The van der Waals surface area contributed by atoms with Crippen LogP contribution < -0.4 is 15.1 Å². The van der Waals surface area contributed by atoms with Crippen LogP contribution in [-0.4, -0.2) is 31.4 Å². The molecule has 2 amide bonds. The van der Waals surface area contributed by atoms with Gasteiger partial charge in [-0.05, 0) is 61.6 Å². The van der Waals surface area contributed by atoms with Crippen LogP contribution in [0, 0.1) is 0 Å². The number of hydrogen-bond donors (Lipinski definition) is 1. The molecule has 2 aromatic rings. The Hall–Kier alpha value is -2.82. The minimum Gasteiger partial charge on any atom is -0.372 e. The predicted molar refractivity (Wildman–Crippen MR) is 120 cm³/mol. The molecule has 0 saturated carbocycles. The van der Waals surface area contributed by atoms with Crippen LogP contribution >= 0.6 is 0 Å². The molecule has 1 saturated heterocycles. The fourth-order valence-electron chi connectivity index (χ4n) is 3.84. The van der Waals surface area contributed by atoms with Crippen LogP contribution in [0.1, 0.15) is 45.1 Å². The van der Waals surface area contributed by atoms with E-state index < -0.39 is 0 Å². The van der Waals surface area contributed by atoms with E-state index >= 15 is 0 Å². The van der Waals surface area contributed by atoms with Crippen molar-refractivity contribution in [1.29, 1.82) is 0 Å². The lowest BCUT2D eigenvalue weighted by Crippen LogP contribution is -2.32. The van der Waals surface area contributed by atoms with Gasteiger partial charge in [0.05, 0.1) is 0 Å². The number of rotatable bonds is 7. The lowest BCUT2D eigenvalue weighted by molar-refractivity contribution is -0.117. The molecule has 0 aromatic heterocycles. The highest BCUT2D eigenvalue weighted by atomic mass is 16.2. The highest BCUT2D eigenvalue weighted by Crippen LogP contribution is 2.24. The van der Waals surface area contributed by atoms with Crippen LogP contribution in [0.4, 0.5) is 17.1 Å². The number of anilines is 3. The topological polar surface area (TPSA) is 52.7 Å². The van der Waals surface area contributed by atoms with Gasteiger partial charge in [-0.1, -0.05) is 25.1 Å². The fraction of sp³-hybridized carbons (Fsp3) is 0.417. The number of benzene rings is 2. The molecule has 3 rings (SSSR count). The van der Waals surface area contributed by atoms with E-state index in [1.165, 1.54) is 24.9 Å². The van der Waals surface area contributed by atoms with Crippen molar-refractivity contribution >= 4 is 28.9 Å². The summed E-state index contributed by atoms with van der Waals surface area (Å²) in [5, 5.41) is 2.98. The standard InChI is InChI=1S/C24H31N3O2/c1-3-20-9-5-6-10-23(20)25-24(29)15-18-27(19(2)28)22-13-11-21(12-14-22)26-16-7-4-8-17-26/h5-6,9-14H,3-4,7-8,15-18H2,1-2H3,(H,25,29). The zero-order valence-electron chi connectivity index (χ0n) is 17.5. The largest absolute Gasteiger partial charge is 0.372 e. The first-order valence-electron chi connectivity index (χ1n) is 10.6. The van der Waals surface area contributed by atoms with Crippen molar-refractivity contribution in [2.75, 3.05) is 34.8 Å². The molecule has 0 unspecified atom stereocenters. The first-order valence-corrected chi connectivity index (χ1v) is 10.6. The van der Waals surface area contributed by atoms with Crippen LogP contribution in [-0.2, 0) is 16.0 Å². The molecule has 1 aliphatic heterocycles. The molecule has 0 bridgehead atoms. The number of aryl methyl sites for hydroxylation is 1. The van der Waals surface area contributed by atoms with Crippen molar-refractivity contribution in [3.63, 3.8) is 0 Å². The van der Waals surface area contributed by atoms with E-state index in [1.807, 2.05) is 36.4 Å². The van der Waals surface area contributed by atoms with E-state index in [0.29, 0.717) is 6.54 Å². The third-order valence-electron chi connectivity index (χ3n) is 5.50. The summed E-state index contributed by atoms with van der Waals surface area (Å²) >= 11 is 0. The van der Waals surface area contributed by atoms with Crippen molar-refractivity contribution in [2.24, 2.45) is 0 Å². The highest BCUT2D eigenvalue weighted by molar-refractivity contribution is 5.95. The van der Waals surface area contributed by atoms with Gasteiger partial charge in [0.2, 0.25) is 11.8 Å². The lowest BCUT2D eigenvalue weighted by Gasteiger charge is -2.29. The minimum atomic E-state index is -0.0814. The van der Waals surface area contributed by atoms with Gasteiger partial charge in [-0.15, -0.1) is 0 Å². The monoisotopic (exact) mass is 393 g/mol. The average molecular weight is 394 g/mol. The first-order chi connectivity index (χ1) is 14.1. The summed E-state index contributed by atoms with van der Waals surface area (Å²) in [7, 11) is 0. The van der Waals surface area contributed by atoms with Crippen LogP contribution in [0.25, 0.3) is 0 Å². The van der Waals surface area contributed by atoms with Crippen LogP contribution in [0.2, 0.25) is 0 Å². The maximum Gasteiger partial charge on any atom is 0.226 e. The lowest BCUT2D eigenvalue weighted by atomic mass is 10.1. The molecule has 154 valence electrons. The molecule has 0 spiro atoms. The smallest absolute Gasteiger partial charge is 0.226 e. The Kier molecular flexibility index (Phi) is 7.28. The fourth-order valence-corrected chi connectivity index (χ4v) is 3.84. The summed E-state index contributed by atoms with van der Waals surface area (Å²) < 4.78 is 0. The van der Waals surface area contributed by atoms with Crippen LogP contribution in [0.5, 0.6) is 0 Å². The molecule has 0 atom stereocenters.